The van der Waals surface area contributed by atoms with Crippen molar-refractivity contribution in [2.75, 3.05) is 13.2 Å². The number of hydrogen-bond donors (Lipinski definition) is 2. The summed E-state index contributed by atoms with van der Waals surface area (Å²) in [7, 11) is 0. The number of benzene rings is 1. The van der Waals surface area contributed by atoms with Crippen molar-refractivity contribution >= 4 is 21.8 Å². The van der Waals surface area contributed by atoms with Gasteiger partial charge in [-0.2, -0.15) is 0 Å². The fourth-order valence-electron chi connectivity index (χ4n) is 1.76. The number of nitrogens with one attached hydrogen (secondary N) is 1. The zero-order chi connectivity index (χ0) is 15.8. The van der Waals surface area contributed by atoms with Crippen LogP contribution in [0.15, 0.2) is 16.6 Å². The van der Waals surface area contributed by atoms with Gasteiger partial charge in [-0.15, -0.1) is 0 Å². The maximum absolute atomic E-state index is 11.6. The minimum Gasteiger partial charge on any atom is -0.490 e. The summed E-state index contributed by atoms with van der Waals surface area (Å²) in [5.41, 5.74) is 0.732. The molecule has 0 saturated heterocycles. The van der Waals surface area contributed by atoms with Gasteiger partial charge < -0.3 is 19.9 Å². The topological polar surface area (TPSA) is 67.8 Å². The summed E-state index contributed by atoms with van der Waals surface area (Å²) in [5, 5.41) is 12.0. The van der Waals surface area contributed by atoms with E-state index in [4.69, 9.17) is 9.47 Å². The van der Waals surface area contributed by atoms with Gasteiger partial charge in [-0.05, 0) is 54.4 Å². The van der Waals surface area contributed by atoms with E-state index >= 15 is 0 Å². The number of ether oxygens (including phenoxy) is 2. The van der Waals surface area contributed by atoms with Crippen LogP contribution in [0.2, 0.25) is 0 Å². The normalized spacial score (nSPS) is 10.6. The van der Waals surface area contributed by atoms with E-state index in [0.717, 1.165) is 5.56 Å². The fourth-order valence-corrected chi connectivity index (χ4v) is 2.36. The van der Waals surface area contributed by atoms with Crippen molar-refractivity contribution in [3.63, 3.8) is 0 Å². The van der Waals surface area contributed by atoms with Crippen LogP contribution in [0.3, 0.4) is 0 Å². The Morgan fingerprint density at radius 2 is 2.10 bits per heavy atom. The highest BCUT2D eigenvalue weighted by atomic mass is 79.9. The van der Waals surface area contributed by atoms with Crippen LogP contribution in [0.1, 0.15) is 32.8 Å². The third-order valence-electron chi connectivity index (χ3n) is 2.58. The number of amides is 1. The van der Waals surface area contributed by atoms with Gasteiger partial charge in [-0.25, -0.2) is 0 Å². The van der Waals surface area contributed by atoms with Crippen molar-refractivity contribution in [1.82, 2.24) is 5.32 Å². The summed E-state index contributed by atoms with van der Waals surface area (Å²) in [5.74, 6) is 1.05. The van der Waals surface area contributed by atoms with Gasteiger partial charge in [0.1, 0.15) is 0 Å². The molecule has 1 aromatic carbocycles. The van der Waals surface area contributed by atoms with Crippen molar-refractivity contribution in [2.24, 2.45) is 0 Å². The zero-order valence-corrected chi connectivity index (χ0v) is 14.2. The molecule has 1 aromatic rings. The first-order valence-corrected chi connectivity index (χ1v) is 7.75. The first-order valence-electron chi connectivity index (χ1n) is 6.96. The lowest BCUT2D eigenvalue weighted by molar-refractivity contribution is -0.122. The number of aliphatic hydroxyl groups excluding tert-OH is 1. The van der Waals surface area contributed by atoms with Crippen LogP contribution < -0.4 is 14.8 Å². The van der Waals surface area contributed by atoms with Gasteiger partial charge in [0.2, 0.25) is 5.91 Å². The predicted molar refractivity (Wildman–Crippen MR) is 84.6 cm³/mol. The molecule has 0 fully saturated rings. The molecule has 21 heavy (non-hydrogen) atoms. The van der Waals surface area contributed by atoms with Gasteiger partial charge in [0.05, 0.1) is 30.7 Å². The zero-order valence-electron chi connectivity index (χ0n) is 12.6. The van der Waals surface area contributed by atoms with Gasteiger partial charge in [0.25, 0.3) is 0 Å². The Morgan fingerprint density at radius 1 is 1.38 bits per heavy atom. The van der Waals surface area contributed by atoms with Crippen molar-refractivity contribution in [2.45, 2.75) is 39.8 Å². The van der Waals surface area contributed by atoms with Gasteiger partial charge in [0, 0.05) is 6.04 Å². The first kappa shape index (κ1) is 17.8. The van der Waals surface area contributed by atoms with Crippen LogP contribution >= 0.6 is 15.9 Å². The molecule has 0 aromatic heterocycles. The molecule has 0 heterocycles. The monoisotopic (exact) mass is 359 g/mol. The molecule has 0 aliphatic heterocycles. The van der Waals surface area contributed by atoms with Crippen LogP contribution in [-0.2, 0) is 11.4 Å². The molecule has 0 unspecified atom stereocenters. The van der Waals surface area contributed by atoms with Gasteiger partial charge in [-0.3, -0.25) is 4.79 Å². The minimum atomic E-state index is -0.0737. The quantitative estimate of drug-likeness (QED) is 0.748. The lowest BCUT2D eigenvalue weighted by Crippen LogP contribution is -2.31. The van der Waals surface area contributed by atoms with Crippen molar-refractivity contribution in [1.29, 1.82) is 0 Å². The van der Waals surface area contributed by atoms with Crippen LogP contribution in [-0.4, -0.2) is 30.3 Å². The standard InChI is InChI=1S/C15H22BrNO4/c1-4-20-13-8-11(9-18)7-12(16)15(13)21-6-5-14(19)17-10(2)3/h7-8,10,18H,4-6,9H2,1-3H3,(H,17,19). The van der Waals surface area contributed by atoms with E-state index in [1.54, 1.807) is 12.1 Å². The summed E-state index contributed by atoms with van der Waals surface area (Å²) >= 11 is 3.40. The molecule has 0 saturated carbocycles. The Morgan fingerprint density at radius 3 is 2.67 bits per heavy atom. The molecule has 0 aliphatic carbocycles. The van der Waals surface area contributed by atoms with E-state index in [-0.39, 0.29) is 31.6 Å². The van der Waals surface area contributed by atoms with E-state index in [9.17, 15) is 9.90 Å². The van der Waals surface area contributed by atoms with E-state index in [1.807, 2.05) is 20.8 Å². The highest BCUT2D eigenvalue weighted by molar-refractivity contribution is 9.10. The molecule has 1 rings (SSSR count). The van der Waals surface area contributed by atoms with Gasteiger partial charge in [0.15, 0.2) is 11.5 Å². The number of aliphatic hydroxyl groups is 1. The Bertz CT molecular complexity index is 477. The predicted octanol–water partition coefficient (Wildman–Crippen LogP) is 2.63. The highest BCUT2D eigenvalue weighted by Crippen LogP contribution is 2.37. The van der Waals surface area contributed by atoms with Crippen molar-refractivity contribution in [3.8, 4) is 11.5 Å². The van der Waals surface area contributed by atoms with E-state index < -0.39 is 0 Å². The second-order valence-corrected chi connectivity index (χ2v) is 5.67. The Hall–Kier alpha value is -1.27. The van der Waals surface area contributed by atoms with Crippen LogP contribution in [0, 0.1) is 0 Å². The molecule has 0 bridgehead atoms. The van der Waals surface area contributed by atoms with Crippen LogP contribution in [0.25, 0.3) is 0 Å². The third-order valence-corrected chi connectivity index (χ3v) is 3.17. The molecule has 118 valence electrons. The highest BCUT2D eigenvalue weighted by Gasteiger charge is 2.13. The number of rotatable bonds is 8. The Labute approximate surface area is 133 Å². The molecule has 6 heteroatoms. The number of carbonyl (C=O) groups is 1. The number of halogens is 1. The second-order valence-electron chi connectivity index (χ2n) is 4.82. The smallest absolute Gasteiger partial charge is 0.223 e. The molecular formula is C15H22BrNO4. The third kappa shape index (κ3) is 5.93. The summed E-state index contributed by atoms with van der Waals surface area (Å²) in [6, 6.07) is 3.62. The van der Waals surface area contributed by atoms with Crippen LogP contribution in [0.4, 0.5) is 0 Å². The summed E-state index contributed by atoms with van der Waals surface area (Å²) in [6.45, 7) is 6.38. The molecule has 0 spiro atoms. The number of hydrogen-bond acceptors (Lipinski definition) is 4. The Balaban J connectivity index is 2.71. The minimum absolute atomic E-state index is 0.0499. The lowest BCUT2D eigenvalue weighted by atomic mass is 10.2. The largest absolute Gasteiger partial charge is 0.490 e. The van der Waals surface area contributed by atoms with Crippen LogP contribution in [0.5, 0.6) is 11.5 Å². The van der Waals surface area contributed by atoms with E-state index in [1.165, 1.54) is 0 Å². The summed E-state index contributed by atoms with van der Waals surface area (Å²) in [4.78, 5) is 11.6. The molecular weight excluding hydrogens is 338 g/mol. The molecule has 0 atom stereocenters. The summed E-state index contributed by atoms with van der Waals surface area (Å²) < 4.78 is 11.9. The Kier molecular flexibility index (Phi) is 7.53. The second kappa shape index (κ2) is 8.89. The molecule has 0 aliphatic rings. The maximum atomic E-state index is 11.6. The van der Waals surface area contributed by atoms with E-state index in [0.29, 0.717) is 22.6 Å². The van der Waals surface area contributed by atoms with Crippen molar-refractivity contribution in [3.05, 3.63) is 22.2 Å². The molecule has 0 radical (unpaired) electrons. The van der Waals surface area contributed by atoms with Gasteiger partial charge in [-0.1, -0.05) is 0 Å². The van der Waals surface area contributed by atoms with Crippen molar-refractivity contribution < 1.29 is 19.4 Å². The fraction of sp³-hybridized carbons (Fsp3) is 0.533. The molecule has 2 N–H and O–H groups in total. The first-order chi connectivity index (χ1) is 9.97. The molecule has 5 nitrogen and oxygen atoms in total. The average Bonchev–Trinajstić information content (AvgIpc) is 2.40. The van der Waals surface area contributed by atoms with E-state index in [2.05, 4.69) is 21.2 Å². The maximum Gasteiger partial charge on any atom is 0.223 e. The number of carbonyl (C=O) groups excluding carboxylic acids is 1. The SMILES string of the molecule is CCOc1cc(CO)cc(Br)c1OCCC(=O)NC(C)C. The summed E-state index contributed by atoms with van der Waals surface area (Å²) in [6.07, 6.45) is 0.276. The van der Waals surface area contributed by atoms with Gasteiger partial charge >= 0.3 is 0 Å². The molecule has 1 amide bonds. The average molecular weight is 360 g/mol. The lowest BCUT2D eigenvalue weighted by Gasteiger charge is -2.15.